The van der Waals surface area contributed by atoms with E-state index in [0.717, 1.165) is 0 Å². The summed E-state index contributed by atoms with van der Waals surface area (Å²) in [6.07, 6.45) is -3.52. The van der Waals surface area contributed by atoms with Crippen LogP contribution >= 0.6 is 0 Å². The van der Waals surface area contributed by atoms with Gasteiger partial charge in [0, 0.05) is 12.5 Å². The van der Waals surface area contributed by atoms with Gasteiger partial charge in [-0.1, -0.05) is 20.8 Å². The van der Waals surface area contributed by atoms with Crippen LogP contribution in [0.2, 0.25) is 0 Å². The molecule has 20 heavy (non-hydrogen) atoms. The molecule has 8 heteroatoms. The number of carboxylic acids is 1. The highest BCUT2D eigenvalue weighted by Crippen LogP contribution is 2.06. The van der Waals surface area contributed by atoms with Gasteiger partial charge >= 0.3 is 5.97 Å². The van der Waals surface area contributed by atoms with E-state index in [2.05, 4.69) is 10.6 Å². The predicted molar refractivity (Wildman–Crippen MR) is 67.5 cm³/mol. The number of carbonyl (C=O) groups excluding carboxylic acids is 2. The van der Waals surface area contributed by atoms with Gasteiger partial charge in [0.2, 0.25) is 12.3 Å². The van der Waals surface area contributed by atoms with Crippen molar-refractivity contribution in [3.05, 3.63) is 0 Å². The summed E-state index contributed by atoms with van der Waals surface area (Å²) in [5.41, 5.74) is 0. The first-order valence-corrected chi connectivity index (χ1v) is 6.30. The van der Waals surface area contributed by atoms with E-state index >= 15 is 0 Å². The van der Waals surface area contributed by atoms with Gasteiger partial charge in [0.25, 0.3) is 5.78 Å². The zero-order chi connectivity index (χ0) is 15.9. The lowest BCUT2D eigenvalue weighted by Crippen LogP contribution is -2.53. The molecule has 0 rings (SSSR count). The number of rotatable bonds is 9. The number of amides is 1. The third-order valence-electron chi connectivity index (χ3n) is 2.52. The standard InChI is InChI=1S/C12H20F2N2O4/c1-4-7(15-6(2)3)11(18)16-8(5-9(13)14)10(17)12(19)20/h6-9,15H,4-5H2,1-3H3,(H,16,18)(H,19,20). The Morgan fingerprint density at radius 3 is 2.05 bits per heavy atom. The average molecular weight is 294 g/mol. The summed E-state index contributed by atoms with van der Waals surface area (Å²) >= 11 is 0. The Labute approximate surface area is 115 Å². The summed E-state index contributed by atoms with van der Waals surface area (Å²) in [7, 11) is 0. The van der Waals surface area contributed by atoms with Crippen molar-refractivity contribution in [2.24, 2.45) is 0 Å². The Morgan fingerprint density at radius 1 is 1.15 bits per heavy atom. The second-order valence-electron chi connectivity index (χ2n) is 4.64. The molecule has 0 heterocycles. The third kappa shape index (κ3) is 6.55. The quantitative estimate of drug-likeness (QED) is 0.540. The largest absolute Gasteiger partial charge is 0.475 e. The topological polar surface area (TPSA) is 95.5 Å². The number of carboxylic acid groups (broad SMARTS) is 1. The number of aliphatic carboxylic acids is 1. The predicted octanol–water partition coefficient (Wildman–Crippen LogP) is 0.557. The molecule has 1 amide bonds. The number of ketones is 1. The molecule has 0 bridgehead atoms. The number of hydrogen-bond donors (Lipinski definition) is 3. The van der Waals surface area contributed by atoms with Crippen LogP contribution in [0.15, 0.2) is 0 Å². The fourth-order valence-electron chi connectivity index (χ4n) is 1.61. The van der Waals surface area contributed by atoms with Gasteiger partial charge in [-0.3, -0.25) is 9.59 Å². The van der Waals surface area contributed by atoms with Gasteiger partial charge in [-0.25, -0.2) is 13.6 Å². The molecule has 0 spiro atoms. The second-order valence-corrected chi connectivity index (χ2v) is 4.64. The first-order valence-electron chi connectivity index (χ1n) is 6.30. The Bertz CT molecular complexity index is 361. The van der Waals surface area contributed by atoms with Crippen LogP contribution in [-0.4, -0.2) is 47.3 Å². The first-order chi connectivity index (χ1) is 9.18. The normalized spacial score (nSPS) is 14.2. The second kappa shape index (κ2) is 8.57. The summed E-state index contributed by atoms with van der Waals surface area (Å²) in [6.45, 7) is 5.31. The molecule has 0 saturated carbocycles. The number of halogens is 2. The highest BCUT2D eigenvalue weighted by molar-refractivity contribution is 6.35. The fourth-order valence-corrected chi connectivity index (χ4v) is 1.61. The van der Waals surface area contributed by atoms with E-state index in [9.17, 15) is 23.2 Å². The minimum Gasteiger partial charge on any atom is -0.475 e. The van der Waals surface area contributed by atoms with E-state index in [-0.39, 0.29) is 6.04 Å². The molecule has 0 radical (unpaired) electrons. The van der Waals surface area contributed by atoms with E-state index < -0.39 is 42.6 Å². The number of carbonyl (C=O) groups is 3. The molecular weight excluding hydrogens is 274 g/mol. The highest BCUT2D eigenvalue weighted by Gasteiger charge is 2.31. The molecule has 0 saturated heterocycles. The van der Waals surface area contributed by atoms with Crippen LogP contribution in [0, 0.1) is 0 Å². The van der Waals surface area contributed by atoms with E-state index in [1.807, 2.05) is 0 Å². The lowest BCUT2D eigenvalue weighted by Gasteiger charge is -2.22. The molecular formula is C12H20F2N2O4. The van der Waals surface area contributed by atoms with E-state index in [0.29, 0.717) is 6.42 Å². The first kappa shape index (κ1) is 18.4. The van der Waals surface area contributed by atoms with Crippen LogP contribution in [0.3, 0.4) is 0 Å². The molecule has 0 aliphatic heterocycles. The molecule has 6 nitrogen and oxygen atoms in total. The van der Waals surface area contributed by atoms with Crippen molar-refractivity contribution in [3.8, 4) is 0 Å². The lowest BCUT2D eigenvalue weighted by atomic mass is 10.1. The van der Waals surface area contributed by atoms with Crippen LogP contribution in [0.1, 0.15) is 33.6 Å². The van der Waals surface area contributed by atoms with Crippen molar-refractivity contribution in [1.29, 1.82) is 0 Å². The van der Waals surface area contributed by atoms with Gasteiger partial charge in [0.15, 0.2) is 0 Å². The Morgan fingerprint density at radius 2 is 1.70 bits per heavy atom. The van der Waals surface area contributed by atoms with Gasteiger partial charge in [0.1, 0.15) is 6.04 Å². The van der Waals surface area contributed by atoms with Crippen LogP contribution < -0.4 is 10.6 Å². The van der Waals surface area contributed by atoms with E-state index in [4.69, 9.17) is 5.11 Å². The maximum absolute atomic E-state index is 12.3. The van der Waals surface area contributed by atoms with Crippen molar-refractivity contribution in [2.75, 3.05) is 0 Å². The van der Waals surface area contributed by atoms with E-state index in [1.54, 1.807) is 20.8 Å². The van der Waals surface area contributed by atoms with Crippen LogP contribution in [0.5, 0.6) is 0 Å². The summed E-state index contributed by atoms with van der Waals surface area (Å²) in [6, 6.07) is -2.41. The van der Waals surface area contributed by atoms with Crippen molar-refractivity contribution in [2.45, 2.75) is 58.2 Å². The number of Topliss-reactive ketones (excluding diaryl/α,β-unsaturated/α-hetero) is 1. The van der Waals surface area contributed by atoms with Gasteiger partial charge < -0.3 is 15.7 Å². The van der Waals surface area contributed by atoms with Crippen LogP contribution in [0.25, 0.3) is 0 Å². The fraction of sp³-hybridized carbons (Fsp3) is 0.750. The van der Waals surface area contributed by atoms with Gasteiger partial charge in [-0.2, -0.15) is 0 Å². The molecule has 0 aromatic carbocycles. The smallest absolute Gasteiger partial charge is 0.374 e. The molecule has 0 aromatic heterocycles. The minimum atomic E-state index is -2.89. The molecule has 2 unspecified atom stereocenters. The molecule has 0 aliphatic rings. The number of hydrogen-bond acceptors (Lipinski definition) is 4. The molecule has 0 aromatic rings. The van der Waals surface area contributed by atoms with Gasteiger partial charge in [-0.05, 0) is 6.42 Å². The molecule has 116 valence electrons. The number of alkyl halides is 2. The van der Waals surface area contributed by atoms with Crippen LogP contribution in [0.4, 0.5) is 8.78 Å². The summed E-state index contributed by atoms with van der Waals surface area (Å²) in [5, 5.41) is 13.5. The Kier molecular flexibility index (Phi) is 7.90. The molecule has 0 aliphatic carbocycles. The van der Waals surface area contributed by atoms with Gasteiger partial charge in [-0.15, -0.1) is 0 Å². The van der Waals surface area contributed by atoms with Crippen molar-refractivity contribution < 1.29 is 28.3 Å². The minimum absolute atomic E-state index is 0.0191. The highest BCUT2D eigenvalue weighted by atomic mass is 19.3. The van der Waals surface area contributed by atoms with Crippen molar-refractivity contribution >= 4 is 17.7 Å². The SMILES string of the molecule is CCC(NC(C)C)C(=O)NC(CC(F)F)C(=O)C(=O)O. The maximum atomic E-state index is 12.3. The van der Waals surface area contributed by atoms with Gasteiger partial charge in [0.05, 0.1) is 6.04 Å². The molecule has 0 fully saturated rings. The Hall–Kier alpha value is -1.57. The lowest BCUT2D eigenvalue weighted by molar-refractivity contribution is -0.151. The third-order valence-corrected chi connectivity index (χ3v) is 2.52. The van der Waals surface area contributed by atoms with Crippen molar-refractivity contribution in [3.63, 3.8) is 0 Å². The number of nitrogens with one attached hydrogen (secondary N) is 2. The monoisotopic (exact) mass is 294 g/mol. The summed E-state index contributed by atoms with van der Waals surface area (Å²) < 4.78 is 24.7. The molecule has 2 atom stereocenters. The zero-order valence-corrected chi connectivity index (χ0v) is 11.7. The van der Waals surface area contributed by atoms with Crippen LogP contribution in [-0.2, 0) is 14.4 Å². The summed E-state index contributed by atoms with van der Waals surface area (Å²) in [5.74, 6) is -3.96. The average Bonchev–Trinajstić information content (AvgIpc) is 2.32. The molecule has 3 N–H and O–H groups in total. The Balaban J connectivity index is 4.82. The maximum Gasteiger partial charge on any atom is 0.374 e. The zero-order valence-electron chi connectivity index (χ0n) is 11.7. The van der Waals surface area contributed by atoms with E-state index in [1.165, 1.54) is 0 Å². The van der Waals surface area contributed by atoms with Crippen molar-refractivity contribution in [1.82, 2.24) is 10.6 Å². The summed E-state index contributed by atoms with van der Waals surface area (Å²) in [4.78, 5) is 33.7.